The number of methoxy groups -OCH3 is 1. The molecule has 6 nitrogen and oxygen atoms in total. The van der Waals surface area contributed by atoms with Crippen molar-refractivity contribution in [3.8, 4) is 5.75 Å². The molecule has 1 N–H and O–H groups in total. The molecule has 3 rings (SSSR count). The van der Waals surface area contributed by atoms with E-state index in [1.165, 1.54) is 18.7 Å². The van der Waals surface area contributed by atoms with Crippen LogP contribution in [0.5, 0.6) is 5.75 Å². The predicted octanol–water partition coefficient (Wildman–Crippen LogP) is 5.06. The van der Waals surface area contributed by atoms with Crippen LogP contribution >= 0.6 is 0 Å². The van der Waals surface area contributed by atoms with Gasteiger partial charge in [0, 0.05) is 19.1 Å². The molecule has 0 aliphatic rings. The second kappa shape index (κ2) is 16.0. The molecule has 3 aromatic carbocycles. The zero-order valence-corrected chi connectivity index (χ0v) is 21.3. The monoisotopic (exact) mass is 501 g/mol. The van der Waals surface area contributed by atoms with Crippen molar-refractivity contribution in [2.24, 2.45) is 0 Å². The number of benzene rings is 3. The molecule has 0 saturated heterocycles. The van der Waals surface area contributed by atoms with Gasteiger partial charge >= 0.3 is 5.97 Å². The molecule has 0 fully saturated rings. The number of aryl methyl sites for hydroxylation is 1. The van der Waals surface area contributed by atoms with Gasteiger partial charge in [0.1, 0.15) is 12.4 Å². The van der Waals surface area contributed by atoms with E-state index in [9.17, 15) is 9.59 Å². The van der Waals surface area contributed by atoms with Crippen LogP contribution < -0.4 is 10.1 Å². The highest BCUT2D eigenvalue weighted by Gasteiger charge is 2.12. The van der Waals surface area contributed by atoms with E-state index in [2.05, 4.69) is 17.4 Å². The normalized spacial score (nSPS) is 11.7. The van der Waals surface area contributed by atoms with Crippen LogP contribution in [0, 0.1) is 0 Å². The lowest BCUT2D eigenvalue weighted by Crippen LogP contribution is -2.35. The van der Waals surface area contributed by atoms with Crippen molar-refractivity contribution in [1.29, 1.82) is 0 Å². The van der Waals surface area contributed by atoms with E-state index in [0.29, 0.717) is 26.2 Å². The Hall–Kier alpha value is -3.90. The summed E-state index contributed by atoms with van der Waals surface area (Å²) < 4.78 is 16.2. The van der Waals surface area contributed by atoms with Gasteiger partial charge in [-0.15, -0.1) is 0 Å². The number of nitrogens with one attached hydrogen (secondary N) is 1. The summed E-state index contributed by atoms with van der Waals surface area (Å²) in [5, 5.41) is 2.98. The molecule has 1 amide bonds. The average molecular weight is 502 g/mol. The summed E-state index contributed by atoms with van der Waals surface area (Å²) in [6, 6.07) is 27.6. The number of rotatable bonds is 15. The van der Waals surface area contributed by atoms with Crippen molar-refractivity contribution in [3.05, 3.63) is 114 Å². The lowest BCUT2D eigenvalue weighted by molar-refractivity contribution is -0.135. The van der Waals surface area contributed by atoms with Crippen molar-refractivity contribution < 1.29 is 23.8 Å². The first-order chi connectivity index (χ1) is 18.1. The van der Waals surface area contributed by atoms with Gasteiger partial charge in [-0.2, -0.15) is 0 Å². The maximum atomic E-state index is 12.5. The molecule has 0 bridgehead atoms. The maximum Gasteiger partial charge on any atom is 0.330 e. The van der Waals surface area contributed by atoms with E-state index in [1.54, 1.807) is 6.08 Å². The van der Waals surface area contributed by atoms with Crippen molar-refractivity contribution >= 4 is 11.9 Å². The van der Waals surface area contributed by atoms with Crippen LogP contribution in [0.3, 0.4) is 0 Å². The standard InChI is InChI=1S/C31H35NO5/c1-35-31(34)19-16-28(32-30(33)20-22-36-21-8-13-25-9-4-2-5-10-25)23-26-14-17-29(18-15-26)37-24-27-11-6-3-7-12-27/h2-7,9-12,14-19,28H,8,13,20-24H2,1H3,(H,32,33). The van der Waals surface area contributed by atoms with Crippen molar-refractivity contribution in [2.75, 3.05) is 20.3 Å². The minimum Gasteiger partial charge on any atom is -0.489 e. The lowest BCUT2D eigenvalue weighted by Gasteiger charge is -2.16. The van der Waals surface area contributed by atoms with Gasteiger partial charge in [0.25, 0.3) is 0 Å². The fraction of sp³-hybridized carbons (Fsp3) is 0.290. The summed E-state index contributed by atoms with van der Waals surface area (Å²) in [6.45, 7) is 1.45. The van der Waals surface area contributed by atoms with Crippen molar-refractivity contribution in [3.63, 3.8) is 0 Å². The van der Waals surface area contributed by atoms with E-state index >= 15 is 0 Å². The molecule has 37 heavy (non-hydrogen) atoms. The maximum absolute atomic E-state index is 12.5. The number of ether oxygens (including phenoxy) is 3. The highest BCUT2D eigenvalue weighted by molar-refractivity contribution is 5.82. The Bertz CT molecular complexity index is 1100. The Morgan fingerprint density at radius 1 is 0.838 bits per heavy atom. The van der Waals surface area contributed by atoms with Crippen LogP contribution in [0.2, 0.25) is 0 Å². The molecule has 0 aliphatic heterocycles. The minimum atomic E-state index is -0.467. The van der Waals surface area contributed by atoms with E-state index in [-0.39, 0.29) is 18.4 Å². The SMILES string of the molecule is COC(=O)C=CC(Cc1ccc(OCc2ccccc2)cc1)NC(=O)CCOCCCc1ccccc1. The lowest BCUT2D eigenvalue weighted by atomic mass is 10.0. The second-order valence-electron chi connectivity index (χ2n) is 8.63. The molecule has 3 aromatic rings. The highest BCUT2D eigenvalue weighted by Crippen LogP contribution is 2.16. The molecule has 0 heterocycles. The van der Waals surface area contributed by atoms with Gasteiger partial charge in [-0.3, -0.25) is 4.79 Å². The third-order valence-corrected chi connectivity index (χ3v) is 5.71. The zero-order chi connectivity index (χ0) is 26.1. The van der Waals surface area contributed by atoms with Gasteiger partial charge in [0.2, 0.25) is 5.91 Å². The molecule has 0 saturated carbocycles. The Kier molecular flexibility index (Phi) is 11.9. The Morgan fingerprint density at radius 2 is 1.51 bits per heavy atom. The highest BCUT2D eigenvalue weighted by atomic mass is 16.5. The Labute approximate surface area is 219 Å². The molecule has 6 heteroatoms. The van der Waals surface area contributed by atoms with Gasteiger partial charge in [-0.25, -0.2) is 4.79 Å². The number of hydrogen-bond donors (Lipinski definition) is 1. The fourth-order valence-electron chi connectivity index (χ4n) is 3.72. The van der Waals surface area contributed by atoms with Crippen LogP contribution in [-0.2, 0) is 38.5 Å². The molecular formula is C31H35NO5. The van der Waals surface area contributed by atoms with Gasteiger partial charge in [-0.05, 0) is 48.1 Å². The number of amides is 1. The molecule has 1 atom stereocenters. The van der Waals surface area contributed by atoms with Crippen LogP contribution in [-0.4, -0.2) is 38.2 Å². The van der Waals surface area contributed by atoms with E-state index < -0.39 is 5.97 Å². The van der Waals surface area contributed by atoms with Crippen LogP contribution in [0.15, 0.2) is 97.1 Å². The fourth-order valence-corrected chi connectivity index (χ4v) is 3.72. The summed E-state index contributed by atoms with van der Waals surface area (Å²) in [5.74, 6) is 0.166. The van der Waals surface area contributed by atoms with Crippen molar-refractivity contribution in [1.82, 2.24) is 5.32 Å². The van der Waals surface area contributed by atoms with Gasteiger partial charge in [-0.1, -0.05) is 78.9 Å². The quantitative estimate of drug-likeness (QED) is 0.179. The first-order valence-corrected chi connectivity index (χ1v) is 12.5. The van der Waals surface area contributed by atoms with Crippen LogP contribution in [0.1, 0.15) is 29.5 Å². The topological polar surface area (TPSA) is 73.9 Å². The molecule has 1 unspecified atom stereocenters. The zero-order valence-electron chi connectivity index (χ0n) is 21.3. The summed E-state index contributed by atoms with van der Waals surface area (Å²) >= 11 is 0. The summed E-state index contributed by atoms with van der Waals surface area (Å²) in [4.78, 5) is 24.1. The number of hydrogen-bond acceptors (Lipinski definition) is 5. The van der Waals surface area contributed by atoms with Gasteiger partial charge in [0.05, 0.1) is 19.8 Å². The molecule has 194 valence electrons. The summed E-state index contributed by atoms with van der Waals surface area (Å²) in [6.07, 6.45) is 5.62. The largest absolute Gasteiger partial charge is 0.489 e. The first-order valence-electron chi connectivity index (χ1n) is 12.5. The van der Waals surface area contributed by atoms with E-state index in [1.807, 2.05) is 72.8 Å². The van der Waals surface area contributed by atoms with E-state index in [4.69, 9.17) is 14.2 Å². The van der Waals surface area contributed by atoms with Crippen LogP contribution in [0.4, 0.5) is 0 Å². The van der Waals surface area contributed by atoms with E-state index in [0.717, 1.165) is 29.7 Å². The number of carbonyl (C=O) groups is 2. The third kappa shape index (κ3) is 11.1. The molecule has 0 aromatic heterocycles. The second-order valence-corrected chi connectivity index (χ2v) is 8.63. The predicted molar refractivity (Wildman–Crippen MR) is 144 cm³/mol. The number of esters is 1. The van der Waals surface area contributed by atoms with Gasteiger partial charge in [0.15, 0.2) is 0 Å². The van der Waals surface area contributed by atoms with Gasteiger partial charge < -0.3 is 19.5 Å². The number of carbonyl (C=O) groups excluding carboxylic acids is 2. The molecular weight excluding hydrogens is 466 g/mol. The summed E-state index contributed by atoms with van der Waals surface area (Å²) in [5.41, 5.74) is 3.38. The van der Waals surface area contributed by atoms with Crippen LogP contribution in [0.25, 0.3) is 0 Å². The molecule has 0 radical (unpaired) electrons. The first kappa shape index (κ1) is 27.7. The third-order valence-electron chi connectivity index (χ3n) is 5.71. The molecule has 0 aliphatic carbocycles. The van der Waals surface area contributed by atoms with Crippen molar-refractivity contribution in [2.45, 2.75) is 38.3 Å². The summed E-state index contributed by atoms with van der Waals surface area (Å²) in [7, 11) is 1.32. The Morgan fingerprint density at radius 3 is 2.19 bits per heavy atom. The smallest absolute Gasteiger partial charge is 0.330 e. The Balaban J connectivity index is 1.44. The molecule has 0 spiro atoms. The average Bonchev–Trinajstić information content (AvgIpc) is 2.94. The minimum absolute atomic E-state index is 0.134.